The first kappa shape index (κ1) is 17.4. The summed E-state index contributed by atoms with van der Waals surface area (Å²) in [6.07, 6.45) is 3.73. The molecule has 1 rings (SSSR count). The summed E-state index contributed by atoms with van der Waals surface area (Å²) in [7, 11) is 0. The van der Waals surface area contributed by atoms with Crippen molar-refractivity contribution in [3.05, 3.63) is 0 Å². The molecular weight excluding hydrogens is 252 g/mol. The van der Waals surface area contributed by atoms with E-state index in [1.807, 2.05) is 4.90 Å². The summed E-state index contributed by atoms with van der Waals surface area (Å²) in [5.74, 6) is 1.99. The van der Waals surface area contributed by atoms with Crippen LogP contribution in [0.3, 0.4) is 0 Å². The Bertz CT molecular complexity index is 276. The van der Waals surface area contributed by atoms with Gasteiger partial charge in [0.05, 0.1) is 6.61 Å². The molecule has 0 aromatic rings. The summed E-state index contributed by atoms with van der Waals surface area (Å²) >= 11 is 0. The molecule has 1 aliphatic rings. The SMILES string of the molecule is CCN(CC1CCOC1)C(=O)CCC(CCN)C(C)C. The lowest BCUT2D eigenvalue weighted by Crippen LogP contribution is -2.35. The van der Waals surface area contributed by atoms with Crippen LogP contribution in [0, 0.1) is 17.8 Å². The number of ether oxygens (including phenoxy) is 1. The van der Waals surface area contributed by atoms with Crippen LogP contribution in [-0.4, -0.2) is 43.7 Å². The van der Waals surface area contributed by atoms with Gasteiger partial charge in [0, 0.05) is 32.0 Å². The molecule has 1 heterocycles. The monoisotopic (exact) mass is 284 g/mol. The minimum Gasteiger partial charge on any atom is -0.381 e. The fourth-order valence-corrected chi connectivity index (χ4v) is 2.94. The lowest BCUT2D eigenvalue weighted by Gasteiger charge is -2.26. The third kappa shape index (κ3) is 5.80. The molecule has 1 fully saturated rings. The van der Waals surface area contributed by atoms with Gasteiger partial charge in [-0.25, -0.2) is 0 Å². The Balaban J connectivity index is 2.37. The van der Waals surface area contributed by atoms with Crippen LogP contribution in [-0.2, 0) is 9.53 Å². The van der Waals surface area contributed by atoms with Gasteiger partial charge in [0.1, 0.15) is 0 Å². The van der Waals surface area contributed by atoms with E-state index < -0.39 is 0 Å². The zero-order valence-electron chi connectivity index (χ0n) is 13.4. The highest BCUT2D eigenvalue weighted by atomic mass is 16.5. The molecule has 1 amide bonds. The number of nitrogens with zero attached hydrogens (tertiary/aromatic N) is 1. The lowest BCUT2D eigenvalue weighted by molar-refractivity contribution is -0.132. The molecule has 1 saturated heterocycles. The predicted molar refractivity (Wildman–Crippen MR) is 82.4 cm³/mol. The summed E-state index contributed by atoms with van der Waals surface area (Å²) in [4.78, 5) is 14.3. The molecule has 0 aromatic carbocycles. The molecular formula is C16H32N2O2. The van der Waals surface area contributed by atoms with Crippen LogP contribution in [0.2, 0.25) is 0 Å². The summed E-state index contributed by atoms with van der Waals surface area (Å²) < 4.78 is 5.39. The van der Waals surface area contributed by atoms with Gasteiger partial charge in [0.15, 0.2) is 0 Å². The van der Waals surface area contributed by atoms with Crippen LogP contribution < -0.4 is 5.73 Å². The van der Waals surface area contributed by atoms with Crippen molar-refractivity contribution in [1.29, 1.82) is 0 Å². The Hall–Kier alpha value is -0.610. The van der Waals surface area contributed by atoms with E-state index in [4.69, 9.17) is 10.5 Å². The average molecular weight is 284 g/mol. The van der Waals surface area contributed by atoms with Crippen molar-refractivity contribution >= 4 is 5.91 Å². The average Bonchev–Trinajstić information content (AvgIpc) is 2.93. The normalized spacial score (nSPS) is 20.4. The molecule has 20 heavy (non-hydrogen) atoms. The maximum Gasteiger partial charge on any atom is 0.222 e. The van der Waals surface area contributed by atoms with E-state index >= 15 is 0 Å². The second-order valence-corrected chi connectivity index (χ2v) is 6.28. The molecule has 0 saturated carbocycles. The molecule has 2 unspecified atom stereocenters. The van der Waals surface area contributed by atoms with Crippen LogP contribution in [0.25, 0.3) is 0 Å². The van der Waals surface area contributed by atoms with Crippen LogP contribution in [0.4, 0.5) is 0 Å². The fourth-order valence-electron chi connectivity index (χ4n) is 2.94. The van der Waals surface area contributed by atoms with E-state index in [0.29, 0.717) is 36.6 Å². The topological polar surface area (TPSA) is 55.6 Å². The van der Waals surface area contributed by atoms with E-state index in [1.165, 1.54) is 0 Å². The maximum absolute atomic E-state index is 12.3. The molecule has 0 spiro atoms. The second kappa shape index (κ2) is 9.35. The number of hydrogen-bond acceptors (Lipinski definition) is 3. The van der Waals surface area contributed by atoms with Gasteiger partial charge < -0.3 is 15.4 Å². The second-order valence-electron chi connectivity index (χ2n) is 6.28. The number of carbonyl (C=O) groups excluding carboxylic acids is 1. The van der Waals surface area contributed by atoms with Crippen LogP contribution >= 0.6 is 0 Å². The molecule has 0 aromatic heterocycles. The highest BCUT2D eigenvalue weighted by molar-refractivity contribution is 5.76. The van der Waals surface area contributed by atoms with Gasteiger partial charge in [0.25, 0.3) is 0 Å². The minimum atomic E-state index is 0.294. The largest absolute Gasteiger partial charge is 0.381 e. The molecule has 1 aliphatic heterocycles. The quantitative estimate of drug-likeness (QED) is 0.706. The Kier molecular flexibility index (Phi) is 8.15. The standard InChI is InChI=1S/C16H32N2O2/c1-4-18(11-14-8-10-20-12-14)16(19)6-5-15(7-9-17)13(2)3/h13-15H,4-12,17H2,1-3H3. The van der Waals surface area contributed by atoms with Gasteiger partial charge in [-0.2, -0.15) is 0 Å². The van der Waals surface area contributed by atoms with E-state index in [9.17, 15) is 4.79 Å². The maximum atomic E-state index is 12.3. The zero-order valence-corrected chi connectivity index (χ0v) is 13.4. The number of amides is 1. The number of hydrogen-bond donors (Lipinski definition) is 1. The summed E-state index contributed by atoms with van der Waals surface area (Å²) in [6, 6.07) is 0. The van der Waals surface area contributed by atoms with Crippen molar-refractivity contribution in [2.75, 3.05) is 32.8 Å². The predicted octanol–water partition coefficient (Wildman–Crippen LogP) is 2.27. The molecule has 118 valence electrons. The first-order valence-electron chi connectivity index (χ1n) is 8.14. The van der Waals surface area contributed by atoms with Crippen molar-refractivity contribution in [3.63, 3.8) is 0 Å². The lowest BCUT2D eigenvalue weighted by atomic mass is 9.88. The Morgan fingerprint density at radius 3 is 2.65 bits per heavy atom. The van der Waals surface area contributed by atoms with E-state index in [1.54, 1.807) is 0 Å². The van der Waals surface area contributed by atoms with Crippen LogP contribution in [0.5, 0.6) is 0 Å². The van der Waals surface area contributed by atoms with E-state index in [0.717, 1.165) is 45.6 Å². The van der Waals surface area contributed by atoms with Crippen molar-refractivity contribution < 1.29 is 9.53 Å². The first-order valence-corrected chi connectivity index (χ1v) is 8.14. The molecule has 4 nitrogen and oxygen atoms in total. The van der Waals surface area contributed by atoms with Crippen LogP contribution in [0.1, 0.15) is 46.5 Å². The summed E-state index contributed by atoms with van der Waals surface area (Å²) in [5, 5.41) is 0. The van der Waals surface area contributed by atoms with Crippen molar-refractivity contribution in [1.82, 2.24) is 4.90 Å². The molecule has 0 aliphatic carbocycles. The van der Waals surface area contributed by atoms with Crippen molar-refractivity contribution in [2.45, 2.75) is 46.5 Å². The van der Waals surface area contributed by atoms with Gasteiger partial charge >= 0.3 is 0 Å². The van der Waals surface area contributed by atoms with Crippen molar-refractivity contribution in [2.24, 2.45) is 23.5 Å². The van der Waals surface area contributed by atoms with Gasteiger partial charge in [-0.3, -0.25) is 4.79 Å². The Morgan fingerprint density at radius 2 is 2.15 bits per heavy atom. The minimum absolute atomic E-state index is 0.294. The Labute approximate surface area is 124 Å². The third-order valence-electron chi connectivity index (χ3n) is 4.45. The molecule has 4 heteroatoms. The van der Waals surface area contributed by atoms with Crippen LogP contribution in [0.15, 0.2) is 0 Å². The number of nitrogens with two attached hydrogens (primary N) is 1. The van der Waals surface area contributed by atoms with Gasteiger partial charge in [-0.1, -0.05) is 13.8 Å². The van der Waals surface area contributed by atoms with E-state index in [-0.39, 0.29) is 0 Å². The molecule has 0 bridgehead atoms. The first-order chi connectivity index (χ1) is 9.58. The summed E-state index contributed by atoms with van der Waals surface area (Å²) in [5.41, 5.74) is 5.66. The zero-order chi connectivity index (χ0) is 15.0. The highest BCUT2D eigenvalue weighted by Gasteiger charge is 2.22. The summed E-state index contributed by atoms with van der Waals surface area (Å²) in [6.45, 7) is 10.5. The molecule has 0 radical (unpaired) electrons. The van der Waals surface area contributed by atoms with Gasteiger partial charge in [-0.15, -0.1) is 0 Å². The fraction of sp³-hybridized carbons (Fsp3) is 0.938. The van der Waals surface area contributed by atoms with Gasteiger partial charge in [0.2, 0.25) is 5.91 Å². The smallest absolute Gasteiger partial charge is 0.222 e. The number of carbonyl (C=O) groups is 1. The molecule has 2 N–H and O–H groups in total. The molecule has 2 atom stereocenters. The highest BCUT2D eigenvalue weighted by Crippen LogP contribution is 2.21. The van der Waals surface area contributed by atoms with Gasteiger partial charge in [-0.05, 0) is 44.6 Å². The Morgan fingerprint density at radius 1 is 1.40 bits per heavy atom. The van der Waals surface area contributed by atoms with E-state index in [2.05, 4.69) is 20.8 Å². The van der Waals surface area contributed by atoms with Crippen molar-refractivity contribution in [3.8, 4) is 0 Å². The third-order valence-corrected chi connectivity index (χ3v) is 4.45. The number of rotatable bonds is 9.